The van der Waals surface area contributed by atoms with Gasteiger partial charge in [-0.15, -0.1) is 0 Å². The summed E-state index contributed by atoms with van der Waals surface area (Å²) in [5.41, 5.74) is 0.779. The van der Waals surface area contributed by atoms with E-state index in [0.717, 1.165) is 18.5 Å². The van der Waals surface area contributed by atoms with Gasteiger partial charge in [0.25, 0.3) is 0 Å². The van der Waals surface area contributed by atoms with Crippen LogP contribution < -0.4 is 19.7 Å². The molecular weight excluding hydrogens is 406 g/mol. The first-order chi connectivity index (χ1) is 15.7. The Labute approximate surface area is 191 Å². The van der Waals surface area contributed by atoms with Crippen LogP contribution in [0.3, 0.4) is 0 Å². The van der Waals surface area contributed by atoms with Crippen molar-refractivity contribution in [3.8, 4) is 11.5 Å². The summed E-state index contributed by atoms with van der Waals surface area (Å²) in [7, 11) is 0. The third-order valence-corrected chi connectivity index (χ3v) is 6.74. The number of benzene rings is 1. The number of rotatable bonds is 4. The van der Waals surface area contributed by atoms with Gasteiger partial charge in [-0.2, -0.15) is 0 Å². The monoisotopic (exact) mass is 443 g/mol. The lowest BCUT2D eigenvalue weighted by atomic mass is 9.98. The molecule has 0 bridgehead atoms. The van der Waals surface area contributed by atoms with Gasteiger partial charge < -0.3 is 19.7 Å². The van der Waals surface area contributed by atoms with Gasteiger partial charge >= 0.3 is 6.03 Å². The van der Waals surface area contributed by atoms with Crippen LogP contribution in [0.5, 0.6) is 11.5 Å². The Morgan fingerprint density at radius 3 is 2.19 bits per heavy atom. The molecule has 1 saturated carbocycles. The highest BCUT2D eigenvalue weighted by molar-refractivity contribution is 5.96. The maximum Gasteiger partial charge on any atom is 0.325 e. The standard InChI is InChI=1S/C25H37N3O4/c29-24(26-20-10-8-6-4-2-1-3-5-7-9-11-20)19-27-14-15-28(25(27)30)21-12-13-22-23(18-21)32-17-16-31-22/h12-13,18,20H,1-11,14-17,19H2,(H,26,29). The number of hydrogen-bond acceptors (Lipinski definition) is 4. The fourth-order valence-corrected chi connectivity index (χ4v) is 4.92. The largest absolute Gasteiger partial charge is 0.486 e. The highest BCUT2D eigenvalue weighted by Crippen LogP contribution is 2.35. The highest BCUT2D eigenvalue weighted by Gasteiger charge is 2.32. The minimum Gasteiger partial charge on any atom is -0.486 e. The van der Waals surface area contributed by atoms with Crippen LogP contribution in [-0.2, 0) is 4.79 Å². The summed E-state index contributed by atoms with van der Waals surface area (Å²) in [6.45, 7) is 2.29. The van der Waals surface area contributed by atoms with Crippen molar-refractivity contribution in [3.63, 3.8) is 0 Å². The van der Waals surface area contributed by atoms with Gasteiger partial charge in [0.2, 0.25) is 5.91 Å². The molecule has 0 unspecified atom stereocenters. The van der Waals surface area contributed by atoms with Gasteiger partial charge in [0.15, 0.2) is 11.5 Å². The molecule has 1 aromatic carbocycles. The van der Waals surface area contributed by atoms with Gasteiger partial charge in [0.1, 0.15) is 19.8 Å². The van der Waals surface area contributed by atoms with Gasteiger partial charge in [0.05, 0.1) is 0 Å². The molecule has 3 amide bonds. The van der Waals surface area contributed by atoms with E-state index in [1.165, 1.54) is 57.8 Å². The molecule has 1 saturated heterocycles. The van der Waals surface area contributed by atoms with Crippen molar-refractivity contribution in [1.29, 1.82) is 0 Å². The second-order valence-electron chi connectivity index (χ2n) is 9.21. The zero-order valence-electron chi connectivity index (χ0n) is 19.2. The maximum absolute atomic E-state index is 13.0. The lowest BCUT2D eigenvalue weighted by Gasteiger charge is -2.23. The second kappa shape index (κ2) is 11.4. The number of anilines is 1. The Morgan fingerprint density at radius 1 is 0.875 bits per heavy atom. The molecule has 0 spiro atoms. The molecule has 0 radical (unpaired) electrons. The van der Waals surface area contributed by atoms with E-state index in [2.05, 4.69) is 5.32 Å². The zero-order valence-corrected chi connectivity index (χ0v) is 19.2. The Hall–Kier alpha value is -2.44. The predicted molar refractivity (Wildman–Crippen MR) is 124 cm³/mol. The summed E-state index contributed by atoms with van der Waals surface area (Å²) >= 11 is 0. The van der Waals surface area contributed by atoms with E-state index in [1.54, 1.807) is 9.80 Å². The fraction of sp³-hybridized carbons (Fsp3) is 0.680. The molecule has 7 nitrogen and oxygen atoms in total. The molecule has 32 heavy (non-hydrogen) atoms. The average molecular weight is 444 g/mol. The average Bonchev–Trinajstić information content (AvgIpc) is 3.15. The van der Waals surface area contributed by atoms with E-state index in [-0.39, 0.29) is 24.5 Å². The molecule has 176 valence electrons. The van der Waals surface area contributed by atoms with Gasteiger partial charge in [-0.3, -0.25) is 9.69 Å². The first-order valence-electron chi connectivity index (χ1n) is 12.5. The van der Waals surface area contributed by atoms with Crippen LogP contribution in [-0.4, -0.2) is 55.7 Å². The van der Waals surface area contributed by atoms with Crippen LogP contribution in [0, 0.1) is 0 Å². The van der Waals surface area contributed by atoms with E-state index >= 15 is 0 Å². The molecule has 4 rings (SSSR count). The van der Waals surface area contributed by atoms with Gasteiger partial charge in [-0.25, -0.2) is 4.79 Å². The summed E-state index contributed by atoms with van der Waals surface area (Å²) in [6.07, 6.45) is 13.6. The van der Waals surface area contributed by atoms with E-state index in [9.17, 15) is 9.59 Å². The van der Waals surface area contributed by atoms with Crippen molar-refractivity contribution in [2.75, 3.05) is 37.7 Å². The number of nitrogens with zero attached hydrogens (tertiary/aromatic N) is 2. The van der Waals surface area contributed by atoms with E-state index in [1.807, 2.05) is 18.2 Å². The Kier molecular flexibility index (Phi) is 8.13. The van der Waals surface area contributed by atoms with Crippen LogP contribution in [0.15, 0.2) is 18.2 Å². The van der Waals surface area contributed by atoms with Crippen molar-refractivity contribution in [3.05, 3.63) is 18.2 Å². The number of nitrogens with one attached hydrogen (secondary N) is 1. The van der Waals surface area contributed by atoms with E-state index in [0.29, 0.717) is 37.8 Å². The van der Waals surface area contributed by atoms with Gasteiger partial charge in [-0.1, -0.05) is 57.8 Å². The lowest BCUT2D eigenvalue weighted by molar-refractivity contribution is -0.122. The highest BCUT2D eigenvalue weighted by atomic mass is 16.6. The maximum atomic E-state index is 13.0. The molecule has 1 N–H and O–H groups in total. The molecule has 3 aliphatic rings. The minimum atomic E-state index is -0.129. The topological polar surface area (TPSA) is 71.1 Å². The Balaban J connectivity index is 1.28. The van der Waals surface area contributed by atoms with Crippen LogP contribution >= 0.6 is 0 Å². The normalized spacial score (nSPS) is 21.1. The molecule has 2 heterocycles. The van der Waals surface area contributed by atoms with E-state index in [4.69, 9.17) is 9.47 Å². The molecule has 2 fully saturated rings. The molecule has 0 atom stereocenters. The number of ether oxygens (including phenoxy) is 2. The van der Waals surface area contributed by atoms with Crippen molar-refractivity contribution in [2.45, 2.75) is 76.7 Å². The van der Waals surface area contributed by atoms with Crippen molar-refractivity contribution in [1.82, 2.24) is 10.2 Å². The predicted octanol–water partition coefficient (Wildman–Crippen LogP) is 4.49. The smallest absolute Gasteiger partial charge is 0.325 e. The Morgan fingerprint density at radius 2 is 1.50 bits per heavy atom. The lowest BCUT2D eigenvalue weighted by Crippen LogP contribution is -2.43. The number of carbonyl (C=O) groups excluding carboxylic acids is 2. The number of carbonyl (C=O) groups is 2. The SMILES string of the molecule is O=C(CN1CCN(c2ccc3c(c2)OCCO3)C1=O)NC1CCCCCCCCCCC1. The first kappa shape index (κ1) is 22.7. The summed E-state index contributed by atoms with van der Waals surface area (Å²) in [6, 6.07) is 5.67. The van der Waals surface area contributed by atoms with Gasteiger partial charge in [0, 0.05) is 30.9 Å². The van der Waals surface area contributed by atoms with Crippen LogP contribution in [0.4, 0.5) is 10.5 Å². The van der Waals surface area contributed by atoms with Crippen molar-refractivity contribution >= 4 is 17.6 Å². The molecule has 1 aliphatic carbocycles. The van der Waals surface area contributed by atoms with E-state index < -0.39 is 0 Å². The molecule has 2 aliphatic heterocycles. The van der Waals surface area contributed by atoms with Crippen molar-refractivity contribution in [2.24, 2.45) is 0 Å². The van der Waals surface area contributed by atoms with Crippen LogP contribution in [0.25, 0.3) is 0 Å². The zero-order chi connectivity index (χ0) is 22.2. The van der Waals surface area contributed by atoms with Gasteiger partial charge in [-0.05, 0) is 25.0 Å². The molecule has 0 aromatic heterocycles. The van der Waals surface area contributed by atoms with Crippen molar-refractivity contribution < 1.29 is 19.1 Å². The Bertz CT molecular complexity index is 772. The molecule has 7 heteroatoms. The number of amides is 3. The number of hydrogen-bond donors (Lipinski definition) is 1. The quantitative estimate of drug-likeness (QED) is 0.744. The first-order valence-corrected chi connectivity index (χ1v) is 12.5. The third kappa shape index (κ3) is 6.08. The minimum absolute atomic E-state index is 0.0422. The molecular formula is C25H37N3O4. The summed E-state index contributed by atoms with van der Waals surface area (Å²) in [4.78, 5) is 29.1. The number of fused-ring (bicyclic) bond motifs is 1. The molecule has 1 aromatic rings. The fourth-order valence-electron chi connectivity index (χ4n) is 4.92. The summed E-state index contributed by atoms with van der Waals surface area (Å²) in [5.74, 6) is 1.33. The second-order valence-corrected chi connectivity index (χ2v) is 9.21. The van der Waals surface area contributed by atoms with Crippen LogP contribution in [0.2, 0.25) is 0 Å². The van der Waals surface area contributed by atoms with Crippen LogP contribution in [0.1, 0.15) is 70.6 Å². The summed E-state index contributed by atoms with van der Waals surface area (Å²) in [5, 5.41) is 3.23. The summed E-state index contributed by atoms with van der Waals surface area (Å²) < 4.78 is 11.2. The third-order valence-electron chi connectivity index (χ3n) is 6.74. The number of urea groups is 1.